The highest BCUT2D eigenvalue weighted by atomic mass is 16.6. The van der Waals surface area contributed by atoms with E-state index in [-0.39, 0.29) is 48.5 Å². The van der Waals surface area contributed by atoms with Gasteiger partial charge in [0.1, 0.15) is 36.1 Å². The Labute approximate surface area is 341 Å². The van der Waals surface area contributed by atoms with Crippen LogP contribution in [0.4, 0.5) is 16.2 Å². The Morgan fingerprint density at radius 1 is 0.864 bits per heavy atom. The highest BCUT2D eigenvalue weighted by molar-refractivity contribution is 5.95. The summed E-state index contributed by atoms with van der Waals surface area (Å²) >= 11 is 0. The number of epoxide rings is 1. The fraction of sp³-hybridized carbons (Fsp3) is 0.298. The number of piperidine rings is 1. The summed E-state index contributed by atoms with van der Waals surface area (Å²) < 4.78 is 12.8. The Kier molecular flexibility index (Phi) is 10.2. The van der Waals surface area contributed by atoms with Crippen molar-refractivity contribution >= 4 is 45.1 Å². The molecular weight excluding hydrogens is 747 g/mol. The van der Waals surface area contributed by atoms with E-state index in [1.165, 1.54) is 12.1 Å². The molecule has 59 heavy (non-hydrogen) atoms. The molecule has 5 aromatic carbocycles. The highest BCUT2D eigenvalue weighted by Gasteiger charge is 2.70. The Morgan fingerprint density at radius 2 is 1.61 bits per heavy atom. The number of phenols is 1. The SMILES string of the molecule is C[N+]1(C)[C@@H]2CC(OC(=O)Nc3cc(CCC(=O)Nc4ccc5cc(CNC[C@H](O)c6ccc(O)c7[nH]c(=O)ccc67)ccc5c4)ccc3-c3ccccc3)C[C@H]1[C@@H]1O[C@@H]12. The lowest BCUT2D eigenvalue weighted by Gasteiger charge is -2.45. The number of nitrogens with zero attached hydrogens (tertiary/aromatic N) is 1. The number of carbonyl (C=O) groups excluding carboxylic acids is 2. The number of nitrogens with one attached hydrogen (secondary N) is 4. The average Bonchev–Trinajstić information content (AvgIpc) is 4.00. The Bertz CT molecular complexity index is 2610. The van der Waals surface area contributed by atoms with E-state index in [0.29, 0.717) is 52.9 Å². The second-order valence-electron chi connectivity index (χ2n) is 16.6. The molecule has 1 unspecified atom stereocenters. The number of aliphatic hydroxyl groups is 1. The summed E-state index contributed by atoms with van der Waals surface area (Å²) in [7, 11) is 4.51. The van der Waals surface area contributed by atoms with E-state index in [4.69, 9.17) is 9.47 Å². The molecule has 0 saturated carbocycles. The highest BCUT2D eigenvalue weighted by Crippen LogP contribution is 2.51. The van der Waals surface area contributed by atoms with E-state index in [2.05, 4.69) is 41.1 Å². The topological polar surface area (TPSA) is 165 Å². The monoisotopic (exact) mass is 794 g/mol. The largest absolute Gasteiger partial charge is 0.506 e. The molecule has 3 fully saturated rings. The maximum Gasteiger partial charge on any atom is 0.411 e. The number of anilines is 2. The number of pyridine rings is 1. The zero-order chi connectivity index (χ0) is 40.8. The first-order chi connectivity index (χ1) is 28.5. The lowest BCUT2D eigenvalue weighted by Crippen LogP contribution is -2.60. The van der Waals surface area contributed by atoms with Crippen molar-refractivity contribution in [3.05, 3.63) is 136 Å². The van der Waals surface area contributed by atoms with Gasteiger partial charge in [0.25, 0.3) is 0 Å². The minimum Gasteiger partial charge on any atom is -0.506 e. The van der Waals surface area contributed by atoms with E-state index in [1.54, 1.807) is 12.1 Å². The number of amides is 2. The molecule has 3 saturated heterocycles. The predicted octanol–water partition coefficient (Wildman–Crippen LogP) is 6.75. The Balaban J connectivity index is 0.797. The van der Waals surface area contributed by atoms with Crippen LogP contribution in [0.5, 0.6) is 5.75 Å². The number of aromatic nitrogens is 1. The average molecular weight is 795 g/mol. The number of hydrogen-bond acceptors (Lipinski definition) is 8. The summed E-state index contributed by atoms with van der Waals surface area (Å²) in [6, 6.07) is 34.5. The lowest BCUT2D eigenvalue weighted by molar-refractivity contribution is -0.938. The normalized spacial score (nSPS) is 21.8. The number of carbonyl (C=O) groups is 2. The summed E-state index contributed by atoms with van der Waals surface area (Å²) in [5, 5.41) is 33.0. The minimum absolute atomic E-state index is 0.0500. The molecule has 1 aromatic heterocycles. The number of aromatic amines is 1. The summed E-state index contributed by atoms with van der Waals surface area (Å²) in [5.41, 5.74) is 5.71. The predicted molar refractivity (Wildman–Crippen MR) is 227 cm³/mol. The second-order valence-corrected chi connectivity index (χ2v) is 16.6. The van der Waals surface area contributed by atoms with Crippen molar-refractivity contribution in [2.45, 2.75) is 68.7 Å². The molecule has 12 nitrogen and oxygen atoms in total. The first-order valence-corrected chi connectivity index (χ1v) is 20.2. The molecule has 4 heterocycles. The number of aryl methyl sites for hydroxylation is 1. The third-order valence-corrected chi connectivity index (χ3v) is 12.5. The molecule has 3 aliphatic rings. The molecule has 2 bridgehead atoms. The summed E-state index contributed by atoms with van der Waals surface area (Å²) in [4.78, 5) is 40.9. The van der Waals surface area contributed by atoms with Crippen molar-refractivity contribution in [1.29, 1.82) is 0 Å². The van der Waals surface area contributed by atoms with E-state index >= 15 is 0 Å². The quantitative estimate of drug-likeness (QED) is 0.0585. The first-order valence-electron chi connectivity index (χ1n) is 20.2. The molecule has 0 spiro atoms. The third kappa shape index (κ3) is 7.92. The second kappa shape index (κ2) is 15.6. The van der Waals surface area contributed by atoms with Gasteiger partial charge in [-0.15, -0.1) is 0 Å². The molecule has 2 amide bonds. The van der Waals surface area contributed by atoms with Crippen LogP contribution in [0.2, 0.25) is 0 Å². The Morgan fingerprint density at radius 3 is 2.41 bits per heavy atom. The van der Waals surface area contributed by atoms with Crippen molar-refractivity contribution in [3.8, 4) is 16.9 Å². The molecule has 6 N–H and O–H groups in total. The number of fused-ring (bicyclic) bond motifs is 7. The zero-order valence-corrected chi connectivity index (χ0v) is 33.0. The van der Waals surface area contributed by atoms with Crippen LogP contribution < -0.4 is 21.5 Å². The Hall–Kier alpha value is -6.05. The van der Waals surface area contributed by atoms with Crippen molar-refractivity contribution in [3.63, 3.8) is 0 Å². The van der Waals surface area contributed by atoms with E-state index in [0.717, 1.165) is 50.4 Å². The van der Waals surface area contributed by atoms with E-state index in [1.807, 2.05) is 78.9 Å². The van der Waals surface area contributed by atoms with Gasteiger partial charge < -0.3 is 39.8 Å². The van der Waals surface area contributed by atoms with Crippen molar-refractivity contribution in [2.75, 3.05) is 31.3 Å². The van der Waals surface area contributed by atoms with E-state index in [9.17, 15) is 24.6 Å². The number of quaternary nitrogens is 1. The summed E-state index contributed by atoms with van der Waals surface area (Å²) in [5.74, 6) is -0.168. The van der Waals surface area contributed by atoms with Crippen molar-refractivity contribution in [2.24, 2.45) is 0 Å². The molecule has 12 heteroatoms. The van der Waals surface area contributed by atoms with Crippen LogP contribution in [0.1, 0.15) is 42.1 Å². The number of likely N-dealkylation sites (N-methyl/N-ethyl adjacent to an activating group) is 1. The number of benzene rings is 5. The molecule has 6 aromatic rings. The number of H-pyrrole nitrogens is 1. The van der Waals surface area contributed by atoms with Gasteiger partial charge in [0.2, 0.25) is 11.5 Å². The van der Waals surface area contributed by atoms with Gasteiger partial charge in [-0.3, -0.25) is 14.9 Å². The van der Waals surface area contributed by atoms with Crippen LogP contribution in [0.3, 0.4) is 0 Å². The fourth-order valence-corrected chi connectivity index (χ4v) is 9.29. The summed E-state index contributed by atoms with van der Waals surface area (Å²) in [6.07, 6.45) is 1.38. The number of aliphatic hydroxyl groups excluding tert-OH is 1. The van der Waals surface area contributed by atoms with Crippen molar-refractivity contribution < 1.29 is 33.8 Å². The number of aromatic hydroxyl groups is 1. The van der Waals surface area contributed by atoms with Gasteiger partial charge in [-0.1, -0.05) is 66.7 Å². The van der Waals surface area contributed by atoms with Gasteiger partial charge in [-0.25, -0.2) is 4.79 Å². The van der Waals surface area contributed by atoms with Crippen LogP contribution >= 0.6 is 0 Å². The lowest BCUT2D eigenvalue weighted by atomic mass is 9.96. The zero-order valence-electron chi connectivity index (χ0n) is 33.0. The molecule has 0 radical (unpaired) electrons. The molecule has 0 aliphatic carbocycles. The molecule has 9 rings (SSSR count). The van der Waals surface area contributed by atoms with Gasteiger partial charge in [0, 0.05) is 55.1 Å². The number of rotatable bonds is 12. The first kappa shape index (κ1) is 38.5. The third-order valence-electron chi connectivity index (χ3n) is 12.5. The number of phenolic OH excluding ortho intramolecular Hbond substituents is 1. The number of hydrogen-bond donors (Lipinski definition) is 6. The number of morpholine rings is 1. The van der Waals surface area contributed by atoms with Crippen LogP contribution in [0, 0.1) is 0 Å². The minimum atomic E-state index is -0.859. The maximum absolute atomic E-state index is 13.4. The standard InChI is InChI=1S/C47H47N5O7/c1-52(2)38-23-33(24-39(52)46-45(38)59-46)58-47(57)50-37-21-27(9-14-34(37)29-6-4-3-5-7-29)10-18-42(55)49-32-13-12-30-20-28(8-11-31(30)22-32)25-48-26-41(54)35-15-17-40(53)44-36(35)16-19-43(56)51-44/h3-9,11-17,19-22,33,38-39,41,45-46,48,54H,10,18,23-26H2,1-2H3,(H3-,49,50,51,53,55,56,57)/p+1/t33?,38-,39+,41-,45-,46+/m0/s1. The van der Waals surface area contributed by atoms with Gasteiger partial charge in [0.05, 0.1) is 31.4 Å². The fourth-order valence-electron chi connectivity index (χ4n) is 9.29. The maximum atomic E-state index is 13.4. The van der Waals surface area contributed by atoms with Crippen LogP contribution in [-0.2, 0) is 27.2 Å². The van der Waals surface area contributed by atoms with Gasteiger partial charge in [-0.2, -0.15) is 0 Å². The number of ether oxygens (including phenoxy) is 2. The van der Waals surface area contributed by atoms with Gasteiger partial charge in [-0.05, 0) is 75.8 Å². The van der Waals surface area contributed by atoms with Crippen molar-refractivity contribution in [1.82, 2.24) is 10.3 Å². The van der Waals surface area contributed by atoms with Gasteiger partial charge >= 0.3 is 6.09 Å². The van der Waals surface area contributed by atoms with Crippen LogP contribution in [-0.4, -0.2) is 82.7 Å². The summed E-state index contributed by atoms with van der Waals surface area (Å²) in [6.45, 7) is 0.777. The van der Waals surface area contributed by atoms with Gasteiger partial charge in [0.15, 0.2) is 0 Å². The molecule has 3 aliphatic heterocycles. The molecular formula is C47H48N5O7+. The molecule has 302 valence electrons. The van der Waals surface area contributed by atoms with E-state index < -0.39 is 12.2 Å². The van der Waals surface area contributed by atoms with Crippen LogP contribution in [0.25, 0.3) is 32.8 Å². The molecule has 6 atom stereocenters. The van der Waals surface area contributed by atoms with Crippen LogP contribution in [0.15, 0.2) is 114 Å². The smallest absolute Gasteiger partial charge is 0.411 e.